The van der Waals surface area contributed by atoms with E-state index in [1.165, 1.54) is 0 Å². The first-order valence-corrected chi connectivity index (χ1v) is 6.78. The van der Waals surface area contributed by atoms with Crippen molar-refractivity contribution in [1.29, 1.82) is 0 Å². The number of nitrogens with zero attached hydrogens (tertiary/aromatic N) is 2. The van der Waals surface area contributed by atoms with Crippen molar-refractivity contribution in [3.8, 4) is 0 Å². The van der Waals surface area contributed by atoms with Gasteiger partial charge in [-0.3, -0.25) is 0 Å². The van der Waals surface area contributed by atoms with Crippen molar-refractivity contribution in [2.45, 2.75) is 6.92 Å². The molecule has 0 radical (unpaired) electrons. The van der Waals surface area contributed by atoms with Crippen LogP contribution in [0.4, 0.5) is 11.5 Å². The molecule has 1 N–H and O–H groups in total. The molecule has 1 aromatic heterocycles. The maximum Gasteiger partial charge on any atom is 0.152 e. The smallest absolute Gasteiger partial charge is 0.152 e. The Labute approximate surface area is 119 Å². The van der Waals surface area contributed by atoms with Crippen LogP contribution in [-0.2, 0) is 0 Å². The third kappa shape index (κ3) is 2.44. The number of nitrogens with one attached hydrogen (secondary N) is 1. The standard InChI is InChI=1S/C15H12BrN3/c1-10-15(18-11-6-3-2-4-7-11)19-14-12(16)8-5-9-13(14)17-10/h2-9H,1H3,(H,18,19). The minimum atomic E-state index is 0.783. The molecule has 1 heterocycles. The largest absolute Gasteiger partial charge is 0.339 e. The lowest BCUT2D eigenvalue weighted by atomic mass is 10.2. The maximum absolute atomic E-state index is 4.65. The van der Waals surface area contributed by atoms with Gasteiger partial charge in [0.25, 0.3) is 0 Å². The summed E-state index contributed by atoms with van der Waals surface area (Å²) in [5.74, 6) is 0.783. The van der Waals surface area contributed by atoms with Gasteiger partial charge in [-0.25, -0.2) is 9.97 Å². The summed E-state index contributed by atoms with van der Waals surface area (Å²) in [5.41, 5.74) is 3.65. The average Bonchev–Trinajstić information content (AvgIpc) is 2.42. The van der Waals surface area contributed by atoms with E-state index in [4.69, 9.17) is 0 Å². The molecule has 94 valence electrons. The monoisotopic (exact) mass is 313 g/mol. The fraction of sp³-hybridized carbons (Fsp3) is 0.0667. The number of rotatable bonds is 2. The van der Waals surface area contributed by atoms with Gasteiger partial charge in [0.1, 0.15) is 5.52 Å². The first-order chi connectivity index (χ1) is 9.24. The van der Waals surface area contributed by atoms with E-state index in [-0.39, 0.29) is 0 Å². The number of aromatic nitrogens is 2. The van der Waals surface area contributed by atoms with E-state index < -0.39 is 0 Å². The normalized spacial score (nSPS) is 10.6. The van der Waals surface area contributed by atoms with Crippen LogP contribution in [-0.4, -0.2) is 9.97 Å². The Bertz CT molecular complexity index is 726. The maximum atomic E-state index is 4.65. The van der Waals surface area contributed by atoms with Crippen molar-refractivity contribution in [3.05, 3.63) is 58.7 Å². The van der Waals surface area contributed by atoms with Crippen LogP contribution in [0.2, 0.25) is 0 Å². The molecular weight excluding hydrogens is 302 g/mol. The van der Waals surface area contributed by atoms with E-state index in [2.05, 4.69) is 31.2 Å². The zero-order valence-electron chi connectivity index (χ0n) is 10.4. The molecular formula is C15H12BrN3. The summed E-state index contributed by atoms with van der Waals surface area (Å²) in [6, 6.07) is 15.9. The van der Waals surface area contributed by atoms with Crippen LogP contribution in [0.15, 0.2) is 53.0 Å². The Hall–Kier alpha value is -1.94. The van der Waals surface area contributed by atoms with Crippen molar-refractivity contribution in [2.24, 2.45) is 0 Å². The van der Waals surface area contributed by atoms with E-state index in [1.54, 1.807) is 0 Å². The van der Waals surface area contributed by atoms with Gasteiger partial charge in [-0.15, -0.1) is 0 Å². The van der Waals surface area contributed by atoms with Crippen molar-refractivity contribution >= 4 is 38.5 Å². The molecule has 0 bridgehead atoms. The van der Waals surface area contributed by atoms with Crippen molar-refractivity contribution in [3.63, 3.8) is 0 Å². The lowest BCUT2D eigenvalue weighted by molar-refractivity contribution is 1.18. The molecule has 3 aromatic rings. The summed E-state index contributed by atoms with van der Waals surface area (Å²) in [6.07, 6.45) is 0. The molecule has 3 nitrogen and oxygen atoms in total. The fourth-order valence-electron chi connectivity index (χ4n) is 1.91. The van der Waals surface area contributed by atoms with Gasteiger partial charge in [0.15, 0.2) is 5.82 Å². The Kier molecular flexibility index (Phi) is 3.17. The zero-order valence-corrected chi connectivity index (χ0v) is 12.0. The van der Waals surface area contributed by atoms with Gasteiger partial charge in [0, 0.05) is 10.2 Å². The van der Waals surface area contributed by atoms with Crippen molar-refractivity contribution in [1.82, 2.24) is 9.97 Å². The molecule has 0 aliphatic carbocycles. The van der Waals surface area contributed by atoms with E-state index >= 15 is 0 Å². The minimum absolute atomic E-state index is 0.783. The second-order valence-electron chi connectivity index (χ2n) is 4.26. The summed E-state index contributed by atoms with van der Waals surface area (Å²) < 4.78 is 0.952. The predicted molar refractivity (Wildman–Crippen MR) is 81.7 cm³/mol. The molecule has 2 aromatic carbocycles. The van der Waals surface area contributed by atoms with Crippen LogP contribution < -0.4 is 5.32 Å². The highest BCUT2D eigenvalue weighted by Crippen LogP contribution is 2.25. The molecule has 0 amide bonds. The van der Waals surface area contributed by atoms with Crippen LogP contribution in [0.1, 0.15) is 5.69 Å². The SMILES string of the molecule is Cc1nc2cccc(Br)c2nc1Nc1ccccc1. The number of halogens is 1. The minimum Gasteiger partial charge on any atom is -0.339 e. The molecule has 0 saturated carbocycles. The Morgan fingerprint density at radius 1 is 0.947 bits per heavy atom. The number of fused-ring (bicyclic) bond motifs is 1. The highest BCUT2D eigenvalue weighted by atomic mass is 79.9. The number of para-hydroxylation sites is 2. The number of hydrogen-bond donors (Lipinski definition) is 1. The number of hydrogen-bond acceptors (Lipinski definition) is 3. The molecule has 0 unspecified atom stereocenters. The zero-order chi connectivity index (χ0) is 13.2. The Balaban J connectivity index is 2.09. The third-order valence-corrected chi connectivity index (χ3v) is 3.50. The second-order valence-corrected chi connectivity index (χ2v) is 5.11. The molecule has 3 rings (SSSR count). The molecule has 19 heavy (non-hydrogen) atoms. The number of aryl methyl sites for hydroxylation is 1. The van der Waals surface area contributed by atoms with Gasteiger partial charge in [-0.1, -0.05) is 24.3 Å². The molecule has 4 heteroatoms. The summed E-state index contributed by atoms with van der Waals surface area (Å²) in [4.78, 5) is 9.23. The van der Waals surface area contributed by atoms with Gasteiger partial charge in [0.05, 0.1) is 11.2 Å². The summed E-state index contributed by atoms with van der Waals surface area (Å²) >= 11 is 3.51. The van der Waals surface area contributed by atoms with E-state index in [1.807, 2.05) is 55.5 Å². The van der Waals surface area contributed by atoms with E-state index in [0.717, 1.165) is 32.7 Å². The predicted octanol–water partition coefficient (Wildman–Crippen LogP) is 4.44. The lowest BCUT2D eigenvalue weighted by Crippen LogP contribution is -1.99. The molecule has 0 spiro atoms. The van der Waals surface area contributed by atoms with Crippen LogP contribution in [0.3, 0.4) is 0 Å². The molecule has 0 fully saturated rings. The second kappa shape index (κ2) is 4.97. The molecule has 0 saturated heterocycles. The summed E-state index contributed by atoms with van der Waals surface area (Å²) in [7, 11) is 0. The fourth-order valence-corrected chi connectivity index (χ4v) is 2.35. The van der Waals surface area contributed by atoms with Crippen LogP contribution >= 0.6 is 15.9 Å². The van der Waals surface area contributed by atoms with Crippen molar-refractivity contribution in [2.75, 3.05) is 5.32 Å². The Morgan fingerprint density at radius 2 is 1.74 bits per heavy atom. The molecule has 0 aliphatic rings. The Morgan fingerprint density at radius 3 is 2.53 bits per heavy atom. The van der Waals surface area contributed by atoms with Gasteiger partial charge in [0.2, 0.25) is 0 Å². The number of anilines is 2. The van der Waals surface area contributed by atoms with Gasteiger partial charge >= 0.3 is 0 Å². The average molecular weight is 314 g/mol. The third-order valence-electron chi connectivity index (χ3n) is 2.86. The van der Waals surface area contributed by atoms with E-state index in [0.29, 0.717) is 0 Å². The highest BCUT2D eigenvalue weighted by molar-refractivity contribution is 9.10. The van der Waals surface area contributed by atoms with Crippen molar-refractivity contribution < 1.29 is 0 Å². The van der Waals surface area contributed by atoms with Crippen LogP contribution in [0.25, 0.3) is 11.0 Å². The van der Waals surface area contributed by atoms with E-state index in [9.17, 15) is 0 Å². The van der Waals surface area contributed by atoms with Crippen LogP contribution in [0, 0.1) is 6.92 Å². The van der Waals surface area contributed by atoms with Gasteiger partial charge < -0.3 is 5.32 Å². The lowest BCUT2D eigenvalue weighted by Gasteiger charge is -2.09. The topological polar surface area (TPSA) is 37.8 Å². The summed E-state index contributed by atoms with van der Waals surface area (Å²) in [6.45, 7) is 1.96. The molecule has 0 atom stereocenters. The number of benzene rings is 2. The summed E-state index contributed by atoms with van der Waals surface area (Å²) in [5, 5.41) is 3.30. The quantitative estimate of drug-likeness (QED) is 0.759. The first-order valence-electron chi connectivity index (χ1n) is 5.99. The van der Waals surface area contributed by atoms with Gasteiger partial charge in [-0.05, 0) is 47.1 Å². The first kappa shape index (κ1) is 12.1. The van der Waals surface area contributed by atoms with Gasteiger partial charge in [-0.2, -0.15) is 0 Å². The molecule has 0 aliphatic heterocycles. The van der Waals surface area contributed by atoms with Crippen LogP contribution in [0.5, 0.6) is 0 Å². The highest BCUT2D eigenvalue weighted by Gasteiger charge is 2.07.